The molecule has 0 aromatic heterocycles. The Hall–Kier alpha value is -4.21. The second kappa shape index (κ2) is 13.2. The largest absolute Gasteiger partial charge is 0.382 e. The zero-order chi connectivity index (χ0) is 30.9. The van der Waals surface area contributed by atoms with Crippen LogP contribution in [0.5, 0.6) is 0 Å². The number of piperazine rings is 1. The molecule has 0 aliphatic carbocycles. The highest BCUT2D eigenvalue weighted by atomic mass is 32.2. The second-order valence-corrected chi connectivity index (χ2v) is 12.6. The first-order valence-electron chi connectivity index (χ1n) is 14.1. The third kappa shape index (κ3) is 6.79. The summed E-state index contributed by atoms with van der Waals surface area (Å²) in [6.45, 7) is 6.24. The molecule has 0 atom stereocenters. The van der Waals surface area contributed by atoms with Gasteiger partial charge in [0.1, 0.15) is 16.8 Å². The van der Waals surface area contributed by atoms with Crippen LogP contribution in [0.15, 0.2) is 53.4 Å². The average Bonchev–Trinajstić information content (AvgIpc) is 2.98. The standard InChI is InChI=1S/C31H34F2N6O3S.CH4/c1-20-15-21(2)27(36-24-7-9-37(10-8-24)28-6-4-3-5-22(28)19-34)18-25(20)31(40)39-13-11-38(12-14-39)30-26(33)16-23(32)17-29(30)43(35,41)42;/h3-6,15-18,24,36H,7-14H2,1-2H3,(H2,35,41,42);1H4. The van der Waals surface area contributed by atoms with Gasteiger partial charge in [-0.25, -0.2) is 22.3 Å². The van der Waals surface area contributed by atoms with Gasteiger partial charge in [0.25, 0.3) is 5.91 Å². The van der Waals surface area contributed by atoms with E-state index in [0.29, 0.717) is 23.3 Å². The van der Waals surface area contributed by atoms with Gasteiger partial charge in [0.15, 0.2) is 5.82 Å². The van der Waals surface area contributed by atoms with Gasteiger partial charge in [-0.05, 0) is 62.1 Å². The Bertz CT molecular complexity index is 1690. The number of nitrogens with one attached hydrogen (secondary N) is 1. The number of para-hydroxylation sites is 1. The number of anilines is 3. The highest BCUT2D eigenvalue weighted by Gasteiger charge is 2.30. The number of hydrogen-bond acceptors (Lipinski definition) is 7. The van der Waals surface area contributed by atoms with Gasteiger partial charge in [-0.1, -0.05) is 25.6 Å². The minimum absolute atomic E-state index is 0. The third-order valence-electron chi connectivity index (χ3n) is 8.20. The number of halogens is 2. The van der Waals surface area contributed by atoms with Gasteiger partial charge in [-0.15, -0.1) is 0 Å². The average molecular weight is 625 g/mol. The maximum absolute atomic E-state index is 14.7. The molecule has 2 heterocycles. The van der Waals surface area contributed by atoms with E-state index in [-0.39, 0.29) is 51.2 Å². The predicted octanol–water partition coefficient (Wildman–Crippen LogP) is 4.78. The Morgan fingerprint density at radius 3 is 2.25 bits per heavy atom. The van der Waals surface area contributed by atoms with E-state index < -0.39 is 26.6 Å². The highest BCUT2D eigenvalue weighted by molar-refractivity contribution is 7.89. The molecule has 1 amide bonds. The van der Waals surface area contributed by atoms with Crippen molar-refractivity contribution in [3.8, 4) is 6.07 Å². The fraction of sp³-hybridized carbons (Fsp3) is 0.375. The number of piperidine rings is 1. The van der Waals surface area contributed by atoms with Crippen molar-refractivity contribution in [2.75, 3.05) is 54.4 Å². The van der Waals surface area contributed by atoms with Crippen molar-refractivity contribution in [2.45, 2.75) is 45.1 Å². The molecule has 9 nitrogen and oxygen atoms in total. The molecule has 3 aromatic carbocycles. The molecule has 234 valence electrons. The summed E-state index contributed by atoms with van der Waals surface area (Å²) in [6, 6.07) is 15.3. The zero-order valence-corrected chi connectivity index (χ0v) is 24.9. The number of rotatable bonds is 6. The number of benzene rings is 3. The lowest BCUT2D eigenvalue weighted by Gasteiger charge is -2.37. The molecule has 0 saturated carbocycles. The molecular weight excluding hydrogens is 586 g/mol. The lowest BCUT2D eigenvalue weighted by molar-refractivity contribution is 0.0745. The molecule has 2 aliphatic heterocycles. The fourth-order valence-electron chi connectivity index (χ4n) is 5.94. The molecule has 0 spiro atoms. The van der Waals surface area contributed by atoms with Crippen LogP contribution in [0.3, 0.4) is 0 Å². The van der Waals surface area contributed by atoms with Crippen LogP contribution in [0.1, 0.15) is 47.3 Å². The van der Waals surface area contributed by atoms with Crippen molar-refractivity contribution in [1.82, 2.24) is 4.90 Å². The smallest absolute Gasteiger partial charge is 0.254 e. The number of nitrogens with zero attached hydrogens (tertiary/aromatic N) is 4. The fourth-order valence-corrected chi connectivity index (χ4v) is 6.71. The van der Waals surface area contributed by atoms with Gasteiger partial charge in [-0.2, -0.15) is 5.26 Å². The second-order valence-electron chi connectivity index (χ2n) is 11.1. The topological polar surface area (TPSA) is 123 Å². The van der Waals surface area contributed by atoms with E-state index in [1.165, 1.54) is 4.90 Å². The van der Waals surface area contributed by atoms with Crippen LogP contribution in [0, 0.1) is 36.8 Å². The summed E-state index contributed by atoms with van der Waals surface area (Å²) in [4.78, 5) is 18.4. The number of aryl methyl sites for hydroxylation is 2. The number of primary sulfonamides is 1. The third-order valence-corrected chi connectivity index (χ3v) is 9.13. The van der Waals surface area contributed by atoms with E-state index in [1.807, 2.05) is 50.2 Å². The SMILES string of the molecule is C.Cc1cc(C)c(C(=O)N2CCN(c3c(F)cc(F)cc3S(N)(=O)=O)CC2)cc1NC1CCN(c2ccccc2C#N)CC1. The molecule has 0 radical (unpaired) electrons. The molecule has 44 heavy (non-hydrogen) atoms. The van der Waals surface area contributed by atoms with Crippen molar-refractivity contribution in [2.24, 2.45) is 5.14 Å². The van der Waals surface area contributed by atoms with Gasteiger partial charge in [-0.3, -0.25) is 4.79 Å². The Morgan fingerprint density at radius 1 is 0.955 bits per heavy atom. The summed E-state index contributed by atoms with van der Waals surface area (Å²) < 4.78 is 52.6. The molecule has 5 rings (SSSR count). The van der Waals surface area contributed by atoms with Crippen LogP contribution in [0.25, 0.3) is 0 Å². The number of sulfonamides is 1. The van der Waals surface area contributed by atoms with Crippen molar-refractivity contribution in [3.63, 3.8) is 0 Å². The predicted molar refractivity (Wildman–Crippen MR) is 169 cm³/mol. The first-order chi connectivity index (χ1) is 20.5. The number of nitrogens with two attached hydrogens (primary N) is 1. The molecule has 3 aromatic rings. The Labute approximate surface area is 257 Å². The molecule has 2 fully saturated rings. The molecule has 2 aliphatic rings. The molecule has 0 bridgehead atoms. The Balaban J connectivity index is 0.00000442. The van der Waals surface area contributed by atoms with Gasteiger partial charge in [0, 0.05) is 62.6 Å². The minimum Gasteiger partial charge on any atom is -0.382 e. The summed E-state index contributed by atoms with van der Waals surface area (Å²) >= 11 is 0. The van der Waals surface area contributed by atoms with E-state index >= 15 is 0 Å². The number of carbonyl (C=O) groups excluding carboxylic acids is 1. The van der Waals surface area contributed by atoms with E-state index in [1.54, 1.807) is 4.90 Å². The lowest BCUT2D eigenvalue weighted by atomic mass is 9.99. The van der Waals surface area contributed by atoms with Gasteiger partial charge < -0.3 is 20.0 Å². The van der Waals surface area contributed by atoms with Crippen LogP contribution in [0.2, 0.25) is 0 Å². The Kier molecular flexibility index (Phi) is 9.81. The highest BCUT2D eigenvalue weighted by Crippen LogP contribution is 2.31. The summed E-state index contributed by atoms with van der Waals surface area (Å²) in [6.07, 6.45) is 1.75. The van der Waals surface area contributed by atoms with E-state index in [4.69, 9.17) is 5.14 Å². The van der Waals surface area contributed by atoms with Gasteiger partial charge in [0.2, 0.25) is 10.0 Å². The number of nitriles is 1. The molecule has 12 heteroatoms. The minimum atomic E-state index is -4.37. The number of amides is 1. The molecule has 3 N–H and O–H groups in total. The maximum atomic E-state index is 14.7. The summed E-state index contributed by atoms with van der Waals surface area (Å²) in [5.74, 6) is -2.23. The normalized spacial score (nSPS) is 15.9. The molecular formula is C32H38F2N6O3S. The molecule has 2 saturated heterocycles. The molecule has 0 unspecified atom stereocenters. The van der Waals surface area contributed by atoms with Crippen LogP contribution in [0.4, 0.5) is 25.8 Å². The van der Waals surface area contributed by atoms with Crippen molar-refractivity contribution in [3.05, 3.63) is 82.4 Å². The number of carbonyl (C=O) groups is 1. The van der Waals surface area contributed by atoms with Crippen LogP contribution < -0.4 is 20.3 Å². The first-order valence-corrected chi connectivity index (χ1v) is 15.7. The van der Waals surface area contributed by atoms with Gasteiger partial charge >= 0.3 is 0 Å². The van der Waals surface area contributed by atoms with E-state index in [2.05, 4.69) is 16.3 Å². The Morgan fingerprint density at radius 2 is 1.61 bits per heavy atom. The van der Waals surface area contributed by atoms with Crippen LogP contribution >= 0.6 is 0 Å². The van der Waals surface area contributed by atoms with Crippen molar-refractivity contribution >= 4 is 33.0 Å². The van der Waals surface area contributed by atoms with Crippen molar-refractivity contribution in [1.29, 1.82) is 5.26 Å². The quantitative estimate of drug-likeness (QED) is 0.405. The van der Waals surface area contributed by atoms with Crippen LogP contribution in [-0.4, -0.2) is 64.5 Å². The van der Waals surface area contributed by atoms with Crippen LogP contribution in [-0.2, 0) is 10.0 Å². The summed E-state index contributed by atoms with van der Waals surface area (Å²) in [7, 11) is -4.37. The monoisotopic (exact) mass is 624 g/mol. The first kappa shape index (κ1) is 32.7. The van der Waals surface area contributed by atoms with E-state index in [9.17, 15) is 27.3 Å². The summed E-state index contributed by atoms with van der Waals surface area (Å²) in [5, 5.41) is 18.3. The lowest BCUT2D eigenvalue weighted by Crippen LogP contribution is -2.49. The number of hydrogen-bond donors (Lipinski definition) is 2. The summed E-state index contributed by atoms with van der Waals surface area (Å²) in [5.41, 5.74) is 4.63. The van der Waals surface area contributed by atoms with Gasteiger partial charge in [0.05, 0.1) is 16.9 Å². The van der Waals surface area contributed by atoms with Crippen molar-refractivity contribution < 1.29 is 22.0 Å². The zero-order valence-electron chi connectivity index (χ0n) is 24.1. The maximum Gasteiger partial charge on any atom is 0.254 e. The van der Waals surface area contributed by atoms with E-state index in [0.717, 1.165) is 48.4 Å².